The van der Waals surface area contributed by atoms with E-state index in [4.69, 9.17) is 0 Å². The molecule has 3 aromatic rings. The highest BCUT2D eigenvalue weighted by Crippen LogP contribution is 2.18. The van der Waals surface area contributed by atoms with Crippen LogP contribution in [0.15, 0.2) is 48.9 Å². The number of nitrogens with zero attached hydrogens (tertiary/aromatic N) is 3. The van der Waals surface area contributed by atoms with Gasteiger partial charge in [0.25, 0.3) is 5.91 Å². The maximum Gasteiger partial charge on any atom is 0.259 e. The monoisotopic (exact) mass is 387 g/mol. The second-order valence-corrected chi connectivity index (χ2v) is 7.58. The Morgan fingerprint density at radius 3 is 2.70 bits per heavy atom. The van der Waals surface area contributed by atoms with Crippen molar-refractivity contribution in [2.24, 2.45) is 0 Å². The number of imidazole rings is 1. The van der Waals surface area contributed by atoms with Crippen LogP contribution in [0.1, 0.15) is 16.8 Å². The molecule has 0 aliphatic carbocycles. The highest BCUT2D eigenvalue weighted by atomic mass is 32.2. The van der Waals surface area contributed by atoms with E-state index in [9.17, 15) is 18.0 Å². The topological polar surface area (TPSA) is 125 Å². The number of H-pyrrole nitrogens is 1. The molecule has 140 valence electrons. The number of fused-ring (bicyclic) bond motifs is 1. The van der Waals surface area contributed by atoms with Crippen LogP contribution in [0.25, 0.3) is 11.0 Å². The Morgan fingerprint density at radius 2 is 2.00 bits per heavy atom. The minimum atomic E-state index is -3.66. The van der Waals surface area contributed by atoms with Gasteiger partial charge in [-0.2, -0.15) is 0 Å². The van der Waals surface area contributed by atoms with Crippen LogP contribution in [-0.4, -0.2) is 48.0 Å². The zero-order valence-electron chi connectivity index (χ0n) is 14.4. The normalized spacial score (nSPS) is 11.3. The lowest BCUT2D eigenvalue weighted by atomic mass is 10.1. The van der Waals surface area contributed by atoms with E-state index in [0.29, 0.717) is 16.9 Å². The number of rotatable bonds is 6. The van der Waals surface area contributed by atoms with E-state index in [0.717, 1.165) is 11.8 Å². The molecule has 1 aromatic carbocycles. The van der Waals surface area contributed by atoms with Gasteiger partial charge in [-0.1, -0.05) is 6.07 Å². The summed E-state index contributed by atoms with van der Waals surface area (Å²) >= 11 is 0. The van der Waals surface area contributed by atoms with E-state index in [-0.39, 0.29) is 18.9 Å². The van der Waals surface area contributed by atoms with E-state index in [1.54, 1.807) is 36.4 Å². The van der Waals surface area contributed by atoms with Gasteiger partial charge in [0.1, 0.15) is 5.82 Å². The summed E-state index contributed by atoms with van der Waals surface area (Å²) in [4.78, 5) is 37.4. The molecule has 0 saturated heterocycles. The number of aromatic amines is 1. The number of carbonyl (C=O) groups is 2. The fraction of sp³-hybridized carbons (Fsp3) is 0.176. The summed E-state index contributed by atoms with van der Waals surface area (Å²) in [5, 5.41) is 0. The standard InChI is InChI=1S/C17H17N5O4S/c1-27(25,26)21-16(23)7-9-22(15-4-2-3-8-18-15)17(24)12-5-6-13-14(10-12)20-11-19-13/h2-6,8,10-11H,7,9H2,1H3,(H,19,20)(H,21,23). The van der Waals surface area contributed by atoms with Gasteiger partial charge in [-0.3, -0.25) is 19.2 Å². The molecule has 0 aliphatic heterocycles. The number of anilines is 1. The first-order chi connectivity index (χ1) is 12.8. The van der Waals surface area contributed by atoms with Gasteiger partial charge < -0.3 is 4.98 Å². The first kappa shape index (κ1) is 18.5. The third-order valence-electron chi connectivity index (χ3n) is 3.70. The van der Waals surface area contributed by atoms with Crippen molar-refractivity contribution < 1.29 is 18.0 Å². The number of pyridine rings is 1. The Morgan fingerprint density at radius 1 is 1.19 bits per heavy atom. The van der Waals surface area contributed by atoms with Gasteiger partial charge in [-0.15, -0.1) is 0 Å². The van der Waals surface area contributed by atoms with Gasteiger partial charge in [-0.05, 0) is 30.3 Å². The Balaban J connectivity index is 1.85. The van der Waals surface area contributed by atoms with Crippen LogP contribution in [0, 0.1) is 0 Å². The molecule has 2 heterocycles. The van der Waals surface area contributed by atoms with Crippen molar-refractivity contribution in [2.45, 2.75) is 6.42 Å². The SMILES string of the molecule is CS(=O)(=O)NC(=O)CCN(C(=O)c1ccc2nc[nH]c2c1)c1ccccn1. The number of benzene rings is 1. The van der Waals surface area contributed by atoms with Gasteiger partial charge in [0.2, 0.25) is 15.9 Å². The lowest BCUT2D eigenvalue weighted by Gasteiger charge is -2.21. The largest absolute Gasteiger partial charge is 0.345 e. The molecule has 3 rings (SSSR count). The maximum atomic E-state index is 13.0. The zero-order chi connectivity index (χ0) is 19.4. The molecule has 0 aliphatic rings. The Labute approximate surface area is 155 Å². The van der Waals surface area contributed by atoms with Gasteiger partial charge in [0.15, 0.2) is 0 Å². The van der Waals surface area contributed by atoms with Gasteiger partial charge in [0.05, 0.1) is 23.6 Å². The Hall–Kier alpha value is -3.27. The molecule has 27 heavy (non-hydrogen) atoms. The van der Waals surface area contributed by atoms with Gasteiger partial charge in [0, 0.05) is 24.7 Å². The van der Waals surface area contributed by atoms with E-state index >= 15 is 0 Å². The van der Waals surface area contributed by atoms with Crippen molar-refractivity contribution in [1.82, 2.24) is 19.7 Å². The number of amides is 2. The van der Waals surface area contributed by atoms with E-state index in [2.05, 4.69) is 15.0 Å². The first-order valence-corrected chi connectivity index (χ1v) is 9.89. The van der Waals surface area contributed by atoms with E-state index < -0.39 is 15.9 Å². The quantitative estimate of drug-likeness (QED) is 0.652. The number of hydrogen-bond acceptors (Lipinski definition) is 6. The number of hydrogen-bond donors (Lipinski definition) is 2. The molecular weight excluding hydrogens is 370 g/mol. The molecule has 0 atom stereocenters. The van der Waals surface area contributed by atoms with Crippen LogP contribution < -0.4 is 9.62 Å². The van der Waals surface area contributed by atoms with E-state index in [1.807, 2.05) is 4.72 Å². The first-order valence-electron chi connectivity index (χ1n) is 8.00. The molecule has 0 spiro atoms. The van der Waals surface area contributed by atoms with Crippen LogP contribution in [0.3, 0.4) is 0 Å². The van der Waals surface area contributed by atoms with Gasteiger partial charge in [-0.25, -0.2) is 18.4 Å². The van der Waals surface area contributed by atoms with Crippen molar-refractivity contribution in [3.05, 3.63) is 54.5 Å². The number of nitrogens with one attached hydrogen (secondary N) is 2. The minimum Gasteiger partial charge on any atom is -0.345 e. The van der Waals surface area contributed by atoms with E-state index in [1.165, 1.54) is 17.4 Å². The molecule has 0 fully saturated rings. The molecule has 2 aromatic heterocycles. The highest BCUT2D eigenvalue weighted by molar-refractivity contribution is 7.89. The van der Waals surface area contributed by atoms with Crippen LogP contribution in [-0.2, 0) is 14.8 Å². The van der Waals surface area contributed by atoms with Crippen molar-refractivity contribution in [1.29, 1.82) is 0 Å². The van der Waals surface area contributed by atoms with Crippen LogP contribution in [0.2, 0.25) is 0 Å². The van der Waals surface area contributed by atoms with Crippen LogP contribution in [0.5, 0.6) is 0 Å². The Kier molecular flexibility index (Phi) is 5.17. The number of carbonyl (C=O) groups excluding carboxylic acids is 2. The third-order valence-corrected chi connectivity index (χ3v) is 4.30. The van der Waals surface area contributed by atoms with Crippen LogP contribution >= 0.6 is 0 Å². The fourth-order valence-corrected chi connectivity index (χ4v) is 3.04. The summed E-state index contributed by atoms with van der Waals surface area (Å²) in [6.45, 7) is -0.0296. The molecule has 0 radical (unpaired) electrons. The second-order valence-electron chi connectivity index (χ2n) is 5.83. The Bertz CT molecular complexity index is 1080. The molecule has 9 nitrogen and oxygen atoms in total. The summed E-state index contributed by atoms with van der Waals surface area (Å²) in [5.41, 5.74) is 1.82. The predicted octanol–water partition coefficient (Wildman–Crippen LogP) is 1.07. The number of aromatic nitrogens is 3. The molecule has 2 N–H and O–H groups in total. The summed E-state index contributed by atoms with van der Waals surface area (Å²) in [7, 11) is -3.66. The average molecular weight is 387 g/mol. The summed E-state index contributed by atoms with van der Waals surface area (Å²) < 4.78 is 24.2. The van der Waals surface area contributed by atoms with Crippen LogP contribution in [0.4, 0.5) is 5.82 Å². The summed E-state index contributed by atoms with van der Waals surface area (Å²) in [6.07, 6.45) is 3.77. The smallest absolute Gasteiger partial charge is 0.259 e. The van der Waals surface area contributed by atoms with Gasteiger partial charge >= 0.3 is 0 Å². The van der Waals surface area contributed by atoms with Crippen molar-refractivity contribution in [3.8, 4) is 0 Å². The lowest BCUT2D eigenvalue weighted by molar-refractivity contribution is -0.119. The fourth-order valence-electron chi connectivity index (χ4n) is 2.53. The second kappa shape index (κ2) is 7.54. The van der Waals surface area contributed by atoms with Crippen molar-refractivity contribution in [2.75, 3.05) is 17.7 Å². The summed E-state index contributed by atoms with van der Waals surface area (Å²) in [6, 6.07) is 10.1. The molecule has 0 bridgehead atoms. The zero-order valence-corrected chi connectivity index (χ0v) is 15.2. The predicted molar refractivity (Wildman–Crippen MR) is 99.6 cm³/mol. The number of sulfonamides is 1. The van der Waals surface area contributed by atoms with Crippen molar-refractivity contribution in [3.63, 3.8) is 0 Å². The maximum absolute atomic E-state index is 13.0. The summed E-state index contributed by atoms with van der Waals surface area (Å²) in [5.74, 6) is -0.702. The molecule has 10 heteroatoms. The molecule has 2 amide bonds. The molecular formula is C17H17N5O4S. The lowest BCUT2D eigenvalue weighted by Crippen LogP contribution is -2.37. The third kappa shape index (κ3) is 4.67. The highest BCUT2D eigenvalue weighted by Gasteiger charge is 2.21. The minimum absolute atomic E-state index is 0.0296. The van der Waals surface area contributed by atoms with Crippen molar-refractivity contribution >= 4 is 38.7 Å². The average Bonchev–Trinajstić information content (AvgIpc) is 3.08. The molecule has 0 saturated carbocycles. The molecule has 0 unspecified atom stereocenters.